The molecule has 0 saturated carbocycles. The van der Waals surface area contributed by atoms with Crippen LogP contribution in [0, 0.1) is 0 Å². The van der Waals surface area contributed by atoms with Crippen molar-refractivity contribution in [3.63, 3.8) is 0 Å². The van der Waals surface area contributed by atoms with Crippen LogP contribution in [0.25, 0.3) is 5.57 Å². The first-order valence-electron chi connectivity index (χ1n) is 11.3. The van der Waals surface area contributed by atoms with Crippen LogP contribution in [0.4, 0.5) is 4.79 Å². The number of benzene rings is 3. The maximum absolute atomic E-state index is 12.9. The van der Waals surface area contributed by atoms with Gasteiger partial charge in [-0.15, -0.1) is 0 Å². The quantitative estimate of drug-likeness (QED) is 0.450. The van der Waals surface area contributed by atoms with E-state index in [2.05, 4.69) is 18.2 Å². The van der Waals surface area contributed by atoms with Gasteiger partial charge in [-0.05, 0) is 66.6 Å². The van der Waals surface area contributed by atoms with Crippen molar-refractivity contribution in [3.05, 3.63) is 102 Å². The molecule has 0 aromatic heterocycles. The lowest BCUT2D eigenvalue weighted by atomic mass is 9.83. The molecule has 0 N–H and O–H groups in total. The molecule has 2 unspecified atom stereocenters. The molecule has 1 amide bonds. The zero-order valence-corrected chi connectivity index (χ0v) is 18.0. The first-order valence-corrected chi connectivity index (χ1v) is 11.3. The number of para-hydroxylation sites is 1. The molecular formula is C28H27NO3. The van der Waals surface area contributed by atoms with Gasteiger partial charge >= 0.3 is 6.09 Å². The summed E-state index contributed by atoms with van der Waals surface area (Å²) in [5.74, 6) is 1.65. The summed E-state index contributed by atoms with van der Waals surface area (Å²) in [6.07, 6.45) is 6.05. The van der Waals surface area contributed by atoms with Crippen LogP contribution in [-0.2, 0) is 11.3 Å². The summed E-state index contributed by atoms with van der Waals surface area (Å²) in [5.41, 5.74) is 3.51. The van der Waals surface area contributed by atoms with Crippen molar-refractivity contribution in [1.29, 1.82) is 0 Å². The molecule has 0 aliphatic carbocycles. The van der Waals surface area contributed by atoms with Crippen molar-refractivity contribution in [2.75, 3.05) is 0 Å². The molecule has 2 bridgehead atoms. The van der Waals surface area contributed by atoms with E-state index in [0.717, 1.165) is 42.7 Å². The predicted molar refractivity (Wildman–Crippen MR) is 125 cm³/mol. The SMILES string of the molecule is O=C(OCc1ccccc1)N1C2C=C(c3ccc(Oc4ccccc4)cc3)CC1CCC2. The fraction of sp³-hybridized carbons (Fsp3) is 0.250. The standard InChI is InChI=1S/C28H27NO3/c30-28(31-20-21-8-3-1-4-9-21)29-24-10-7-11-25(29)19-23(18-24)22-14-16-27(17-15-22)32-26-12-5-2-6-13-26/h1-6,8-9,12-18,24-25H,7,10-11,19-20H2. The van der Waals surface area contributed by atoms with Gasteiger partial charge in [-0.2, -0.15) is 0 Å². The minimum Gasteiger partial charge on any atom is -0.457 e. The highest BCUT2D eigenvalue weighted by Gasteiger charge is 2.38. The average molecular weight is 426 g/mol. The van der Waals surface area contributed by atoms with Crippen LogP contribution >= 0.6 is 0 Å². The second kappa shape index (κ2) is 9.31. The van der Waals surface area contributed by atoms with E-state index in [1.165, 1.54) is 11.1 Å². The Morgan fingerprint density at radius 3 is 2.25 bits per heavy atom. The summed E-state index contributed by atoms with van der Waals surface area (Å²) >= 11 is 0. The third kappa shape index (κ3) is 4.54. The van der Waals surface area contributed by atoms with Crippen LogP contribution in [0.15, 0.2) is 91.0 Å². The Morgan fingerprint density at radius 1 is 0.844 bits per heavy atom. The Bertz CT molecular complexity index is 1080. The minimum absolute atomic E-state index is 0.0982. The first-order chi connectivity index (χ1) is 15.8. The maximum atomic E-state index is 12.9. The number of piperidine rings is 1. The molecule has 2 aliphatic rings. The van der Waals surface area contributed by atoms with E-state index in [0.29, 0.717) is 6.61 Å². The lowest BCUT2D eigenvalue weighted by molar-refractivity contribution is 0.0510. The van der Waals surface area contributed by atoms with E-state index in [4.69, 9.17) is 9.47 Å². The monoisotopic (exact) mass is 425 g/mol. The molecule has 1 fully saturated rings. The highest BCUT2D eigenvalue weighted by molar-refractivity contribution is 5.74. The average Bonchev–Trinajstić information content (AvgIpc) is 2.83. The van der Waals surface area contributed by atoms with E-state index >= 15 is 0 Å². The lowest BCUT2D eigenvalue weighted by Gasteiger charge is -2.44. The van der Waals surface area contributed by atoms with E-state index < -0.39 is 0 Å². The Hall–Kier alpha value is -3.53. The van der Waals surface area contributed by atoms with Gasteiger partial charge < -0.3 is 9.47 Å². The van der Waals surface area contributed by atoms with Gasteiger partial charge in [0.25, 0.3) is 0 Å². The molecule has 1 saturated heterocycles. The number of hydrogen-bond donors (Lipinski definition) is 0. The molecule has 2 atom stereocenters. The van der Waals surface area contributed by atoms with E-state index in [-0.39, 0.29) is 18.2 Å². The van der Waals surface area contributed by atoms with Crippen LogP contribution in [0.1, 0.15) is 36.8 Å². The van der Waals surface area contributed by atoms with Crippen molar-refractivity contribution < 1.29 is 14.3 Å². The largest absolute Gasteiger partial charge is 0.457 e. The number of carbonyl (C=O) groups is 1. The topological polar surface area (TPSA) is 38.8 Å². The molecule has 0 spiro atoms. The number of carbonyl (C=O) groups excluding carboxylic acids is 1. The van der Waals surface area contributed by atoms with E-state index in [1.807, 2.05) is 77.7 Å². The van der Waals surface area contributed by atoms with Gasteiger partial charge in [0.05, 0.1) is 6.04 Å². The molecule has 4 nitrogen and oxygen atoms in total. The number of fused-ring (bicyclic) bond motifs is 2. The zero-order valence-electron chi connectivity index (χ0n) is 18.0. The summed E-state index contributed by atoms with van der Waals surface area (Å²) in [7, 11) is 0. The highest BCUT2D eigenvalue weighted by atomic mass is 16.6. The van der Waals surface area contributed by atoms with E-state index in [1.54, 1.807) is 0 Å². The number of hydrogen-bond acceptors (Lipinski definition) is 3. The van der Waals surface area contributed by atoms with Crippen molar-refractivity contribution in [3.8, 4) is 11.5 Å². The van der Waals surface area contributed by atoms with Gasteiger partial charge in [0.2, 0.25) is 0 Å². The summed E-state index contributed by atoms with van der Waals surface area (Å²) in [6.45, 7) is 0.315. The second-order valence-corrected chi connectivity index (χ2v) is 8.44. The van der Waals surface area contributed by atoms with Crippen molar-refractivity contribution >= 4 is 11.7 Å². The number of rotatable bonds is 5. The lowest BCUT2D eigenvalue weighted by Crippen LogP contribution is -2.51. The summed E-state index contributed by atoms with van der Waals surface area (Å²) < 4.78 is 11.6. The Morgan fingerprint density at radius 2 is 1.53 bits per heavy atom. The van der Waals surface area contributed by atoms with Gasteiger partial charge in [-0.25, -0.2) is 4.79 Å². The molecule has 2 heterocycles. The number of amides is 1. The fourth-order valence-electron chi connectivity index (χ4n) is 4.68. The third-order valence-corrected chi connectivity index (χ3v) is 6.26. The fourth-order valence-corrected chi connectivity index (χ4v) is 4.68. The Labute approximate surface area is 189 Å². The third-order valence-electron chi connectivity index (χ3n) is 6.26. The smallest absolute Gasteiger partial charge is 0.410 e. The molecule has 0 radical (unpaired) electrons. The molecule has 3 aromatic carbocycles. The molecular weight excluding hydrogens is 398 g/mol. The van der Waals surface area contributed by atoms with Gasteiger partial charge in [-0.3, -0.25) is 4.90 Å². The summed E-state index contributed by atoms with van der Waals surface area (Å²) in [5, 5.41) is 0. The number of nitrogens with zero attached hydrogens (tertiary/aromatic N) is 1. The van der Waals surface area contributed by atoms with Crippen molar-refractivity contribution in [1.82, 2.24) is 4.90 Å². The molecule has 2 aliphatic heterocycles. The first kappa shape index (κ1) is 20.4. The van der Waals surface area contributed by atoms with Crippen molar-refractivity contribution in [2.45, 2.75) is 44.4 Å². The van der Waals surface area contributed by atoms with Crippen LogP contribution in [-0.4, -0.2) is 23.1 Å². The Balaban J connectivity index is 1.27. The molecule has 5 rings (SSSR count). The molecule has 4 heteroatoms. The van der Waals surface area contributed by atoms with Gasteiger partial charge in [-0.1, -0.05) is 66.7 Å². The van der Waals surface area contributed by atoms with Gasteiger partial charge in [0.1, 0.15) is 18.1 Å². The van der Waals surface area contributed by atoms with Gasteiger partial charge in [0.15, 0.2) is 0 Å². The van der Waals surface area contributed by atoms with Crippen molar-refractivity contribution in [2.24, 2.45) is 0 Å². The normalized spacial score (nSPS) is 19.8. The second-order valence-electron chi connectivity index (χ2n) is 8.44. The molecule has 162 valence electrons. The minimum atomic E-state index is -0.203. The van der Waals surface area contributed by atoms with Crippen LogP contribution in [0.2, 0.25) is 0 Å². The summed E-state index contributed by atoms with van der Waals surface area (Å²) in [6, 6.07) is 28.2. The molecule has 32 heavy (non-hydrogen) atoms. The Kier molecular flexibility index (Phi) is 5.93. The predicted octanol–water partition coefficient (Wildman–Crippen LogP) is 6.83. The van der Waals surface area contributed by atoms with Gasteiger partial charge in [0, 0.05) is 6.04 Å². The van der Waals surface area contributed by atoms with Crippen LogP contribution in [0.5, 0.6) is 11.5 Å². The number of ether oxygens (including phenoxy) is 2. The summed E-state index contributed by atoms with van der Waals surface area (Å²) in [4.78, 5) is 14.9. The molecule has 3 aromatic rings. The highest BCUT2D eigenvalue weighted by Crippen LogP contribution is 2.38. The van der Waals surface area contributed by atoms with Crippen LogP contribution in [0.3, 0.4) is 0 Å². The maximum Gasteiger partial charge on any atom is 0.410 e. The van der Waals surface area contributed by atoms with Crippen LogP contribution < -0.4 is 4.74 Å². The van der Waals surface area contributed by atoms with E-state index in [9.17, 15) is 4.79 Å². The zero-order chi connectivity index (χ0) is 21.8.